The van der Waals surface area contributed by atoms with Gasteiger partial charge < -0.3 is 20.2 Å². The molecule has 1 aliphatic heterocycles. The number of hydrogen-bond acceptors (Lipinski definition) is 6. The van der Waals surface area contributed by atoms with Crippen molar-refractivity contribution in [2.75, 3.05) is 37.6 Å². The van der Waals surface area contributed by atoms with Gasteiger partial charge in [-0.25, -0.2) is 0 Å². The van der Waals surface area contributed by atoms with Crippen molar-refractivity contribution >= 4 is 17.6 Å². The first-order valence-electron chi connectivity index (χ1n) is 9.55. The van der Waals surface area contributed by atoms with E-state index in [1.54, 1.807) is 17.0 Å². The number of nitrogens with one attached hydrogen (secondary N) is 1. The van der Waals surface area contributed by atoms with Gasteiger partial charge in [-0.3, -0.25) is 9.59 Å². The highest BCUT2D eigenvalue weighted by molar-refractivity contribution is 5.92. The largest absolute Gasteiger partial charge is 0.426 e. The summed E-state index contributed by atoms with van der Waals surface area (Å²) >= 11 is 0. The molecule has 0 bridgehead atoms. The quantitative estimate of drug-likeness (QED) is 0.719. The predicted molar refractivity (Wildman–Crippen MR) is 97.2 cm³/mol. The topological polar surface area (TPSA) is 98.7 Å². The van der Waals surface area contributed by atoms with Crippen molar-refractivity contribution in [2.24, 2.45) is 5.92 Å². The third-order valence-corrected chi connectivity index (χ3v) is 5.28. The summed E-state index contributed by atoms with van der Waals surface area (Å²) in [6, 6.07) is 3.16. The Balaban J connectivity index is 1.51. The van der Waals surface area contributed by atoms with Gasteiger partial charge >= 0.3 is 6.18 Å². The average molecular weight is 415 g/mol. The molecule has 1 saturated heterocycles. The Kier molecular flexibility index (Phi) is 5.97. The van der Waals surface area contributed by atoms with Gasteiger partial charge in [0.1, 0.15) is 0 Å². The van der Waals surface area contributed by atoms with Gasteiger partial charge in [0.05, 0.1) is 0 Å². The molecule has 1 aromatic rings. The van der Waals surface area contributed by atoms with Gasteiger partial charge in [0, 0.05) is 32.7 Å². The molecule has 0 radical (unpaired) electrons. The van der Waals surface area contributed by atoms with Crippen LogP contribution in [0.3, 0.4) is 0 Å². The Hall–Kier alpha value is -2.43. The molecule has 29 heavy (non-hydrogen) atoms. The maximum absolute atomic E-state index is 12.8. The fraction of sp³-hybridized carbons (Fsp3) is 0.667. The molecule has 1 aliphatic carbocycles. The van der Waals surface area contributed by atoms with Crippen LogP contribution in [-0.4, -0.2) is 76.5 Å². The lowest BCUT2D eigenvalue weighted by Gasteiger charge is -2.38. The van der Waals surface area contributed by atoms with Gasteiger partial charge in [-0.2, -0.15) is 13.2 Å². The van der Waals surface area contributed by atoms with Crippen molar-refractivity contribution < 1.29 is 27.9 Å². The smallest absolute Gasteiger partial charge is 0.373 e. The number of carbonyl (C=O) groups excluding carboxylic acids is 2. The van der Waals surface area contributed by atoms with Crippen LogP contribution in [0.2, 0.25) is 0 Å². The van der Waals surface area contributed by atoms with Crippen LogP contribution < -0.4 is 10.2 Å². The Morgan fingerprint density at radius 3 is 2.34 bits per heavy atom. The Labute approximate surface area is 166 Å². The molecule has 3 rings (SSSR count). The number of aromatic nitrogens is 2. The fourth-order valence-electron chi connectivity index (χ4n) is 3.07. The minimum Gasteiger partial charge on any atom is -0.373 e. The zero-order valence-electron chi connectivity index (χ0n) is 16.1. The van der Waals surface area contributed by atoms with Gasteiger partial charge in [0.15, 0.2) is 11.5 Å². The Morgan fingerprint density at radius 1 is 1.17 bits per heavy atom. The van der Waals surface area contributed by atoms with Crippen LogP contribution in [0.1, 0.15) is 36.7 Å². The molecular weight excluding hydrogens is 391 g/mol. The van der Waals surface area contributed by atoms with E-state index in [1.165, 1.54) is 12.8 Å². The predicted octanol–water partition coefficient (Wildman–Crippen LogP) is 0.968. The summed E-state index contributed by atoms with van der Waals surface area (Å²) < 4.78 is 38.5. The zero-order valence-corrected chi connectivity index (χ0v) is 16.1. The summed E-state index contributed by atoms with van der Waals surface area (Å²) in [6.45, 7) is 1.56. The molecule has 2 fully saturated rings. The monoisotopic (exact) mass is 415 g/mol. The van der Waals surface area contributed by atoms with Crippen molar-refractivity contribution in [1.82, 2.24) is 20.4 Å². The van der Waals surface area contributed by atoms with Gasteiger partial charge in [0.25, 0.3) is 11.8 Å². The maximum atomic E-state index is 12.8. The van der Waals surface area contributed by atoms with Gasteiger partial charge in [0.2, 0.25) is 5.60 Å². The summed E-state index contributed by atoms with van der Waals surface area (Å²) in [7, 11) is 0. The van der Waals surface area contributed by atoms with E-state index in [-0.39, 0.29) is 37.8 Å². The zero-order chi connectivity index (χ0) is 21.2. The fourth-order valence-corrected chi connectivity index (χ4v) is 3.07. The van der Waals surface area contributed by atoms with Crippen LogP contribution in [0.25, 0.3) is 0 Å². The van der Waals surface area contributed by atoms with Crippen LogP contribution in [0.4, 0.5) is 19.0 Å². The van der Waals surface area contributed by atoms with E-state index in [2.05, 4.69) is 15.5 Å². The standard InChI is InChI=1S/C18H24F3N5O3/c1-17(29,18(19,20)21)16(28)26-10-8-25(9-11-26)14-5-4-13(23-24-14)15(27)22-7-6-12-2-3-12/h4-5,12,29H,2-3,6-11H2,1H3,(H,22,27). The molecule has 2 N–H and O–H groups in total. The molecule has 11 heteroatoms. The molecule has 1 atom stereocenters. The summed E-state index contributed by atoms with van der Waals surface area (Å²) in [5, 5.41) is 20.3. The van der Waals surface area contributed by atoms with E-state index in [0.29, 0.717) is 25.2 Å². The van der Waals surface area contributed by atoms with Crippen molar-refractivity contribution in [3.05, 3.63) is 17.8 Å². The molecule has 0 aromatic carbocycles. The second kappa shape index (κ2) is 8.13. The van der Waals surface area contributed by atoms with Crippen molar-refractivity contribution in [3.63, 3.8) is 0 Å². The normalized spacial score (nSPS) is 19.6. The van der Waals surface area contributed by atoms with Crippen LogP contribution in [-0.2, 0) is 4.79 Å². The number of hydrogen-bond donors (Lipinski definition) is 2. The lowest BCUT2D eigenvalue weighted by molar-refractivity contribution is -0.250. The molecule has 1 unspecified atom stereocenters. The number of aliphatic hydroxyl groups is 1. The van der Waals surface area contributed by atoms with E-state index in [0.717, 1.165) is 11.3 Å². The highest BCUT2D eigenvalue weighted by Crippen LogP contribution is 2.32. The highest BCUT2D eigenvalue weighted by Gasteiger charge is 2.57. The number of rotatable bonds is 6. The number of nitrogens with zero attached hydrogens (tertiary/aromatic N) is 4. The van der Waals surface area contributed by atoms with E-state index < -0.39 is 17.7 Å². The first-order valence-corrected chi connectivity index (χ1v) is 9.55. The van der Waals surface area contributed by atoms with Crippen LogP contribution >= 0.6 is 0 Å². The molecule has 2 aliphatic rings. The number of amides is 2. The van der Waals surface area contributed by atoms with Crippen LogP contribution in [0, 0.1) is 5.92 Å². The number of carbonyl (C=O) groups is 2. The third kappa shape index (κ3) is 4.95. The molecule has 0 spiro atoms. The van der Waals surface area contributed by atoms with Gasteiger partial charge in [-0.1, -0.05) is 12.8 Å². The van der Waals surface area contributed by atoms with Crippen LogP contribution in [0.5, 0.6) is 0 Å². The summed E-state index contributed by atoms with van der Waals surface area (Å²) in [5.74, 6) is -0.480. The molecule has 2 heterocycles. The maximum Gasteiger partial charge on any atom is 0.426 e. The number of piperazine rings is 1. The van der Waals surface area contributed by atoms with E-state index in [9.17, 15) is 27.9 Å². The number of halogens is 3. The van der Waals surface area contributed by atoms with Crippen molar-refractivity contribution in [2.45, 2.75) is 38.0 Å². The third-order valence-electron chi connectivity index (χ3n) is 5.28. The van der Waals surface area contributed by atoms with Crippen molar-refractivity contribution in [3.8, 4) is 0 Å². The molecule has 2 amide bonds. The summed E-state index contributed by atoms with van der Waals surface area (Å²) in [5.41, 5.74) is -3.22. The first-order chi connectivity index (χ1) is 13.6. The summed E-state index contributed by atoms with van der Waals surface area (Å²) in [6.07, 6.45) is -1.64. The average Bonchev–Trinajstić information content (AvgIpc) is 3.51. The first kappa shape index (κ1) is 21.3. The van der Waals surface area contributed by atoms with E-state index in [4.69, 9.17) is 0 Å². The number of alkyl halides is 3. The highest BCUT2D eigenvalue weighted by atomic mass is 19.4. The Bertz CT molecular complexity index is 742. The van der Waals surface area contributed by atoms with Gasteiger partial charge in [-0.15, -0.1) is 10.2 Å². The summed E-state index contributed by atoms with van der Waals surface area (Å²) in [4.78, 5) is 26.8. The minimum atomic E-state index is -5.04. The van der Waals surface area contributed by atoms with Crippen LogP contribution in [0.15, 0.2) is 12.1 Å². The Morgan fingerprint density at radius 2 is 1.83 bits per heavy atom. The lowest BCUT2D eigenvalue weighted by atomic mass is 10.0. The molecule has 1 saturated carbocycles. The van der Waals surface area contributed by atoms with E-state index in [1.807, 2.05) is 0 Å². The molecule has 8 nitrogen and oxygen atoms in total. The van der Waals surface area contributed by atoms with Crippen molar-refractivity contribution in [1.29, 1.82) is 0 Å². The lowest BCUT2D eigenvalue weighted by Crippen LogP contribution is -2.60. The molecule has 160 valence electrons. The van der Waals surface area contributed by atoms with Gasteiger partial charge in [-0.05, 0) is 31.4 Å². The molecule has 1 aromatic heterocycles. The second-order valence-corrected chi connectivity index (χ2v) is 7.61. The molecular formula is C18H24F3N5O3. The SMILES string of the molecule is CC(O)(C(=O)N1CCN(c2ccc(C(=O)NCCC3CC3)nn2)CC1)C(F)(F)F. The van der Waals surface area contributed by atoms with E-state index >= 15 is 0 Å². The minimum absolute atomic E-state index is 0.0101. The number of anilines is 1. The second-order valence-electron chi connectivity index (χ2n) is 7.61.